The molecule has 1 N–H and O–H groups in total. The molecule has 0 aromatic heterocycles. The van der Waals surface area contributed by atoms with E-state index in [1.54, 1.807) is 7.11 Å². The van der Waals surface area contributed by atoms with Gasteiger partial charge in [-0.15, -0.1) is 0 Å². The van der Waals surface area contributed by atoms with E-state index in [9.17, 15) is 4.39 Å². The number of hydrogen-bond acceptors (Lipinski definition) is 2. The highest BCUT2D eigenvalue weighted by atomic mass is 19.1. The third-order valence-corrected chi connectivity index (χ3v) is 2.46. The van der Waals surface area contributed by atoms with Gasteiger partial charge in [-0.05, 0) is 37.1 Å². The number of likely N-dealkylation sites (N-methyl/N-ethyl adjacent to an activating group) is 1. The van der Waals surface area contributed by atoms with Gasteiger partial charge in [-0.3, -0.25) is 0 Å². The first kappa shape index (κ1) is 12.1. The van der Waals surface area contributed by atoms with Crippen molar-refractivity contribution in [3.05, 3.63) is 35.6 Å². The number of ether oxygens (including phenoxy) is 1. The minimum Gasteiger partial charge on any atom is -0.385 e. The minimum atomic E-state index is -0.186. The fourth-order valence-corrected chi connectivity index (χ4v) is 1.63. The van der Waals surface area contributed by atoms with E-state index < -0.39 is 0 Å². The number of methoxy groups -OCH3 is 1. The van der Waals surface area contributed by atoms with Crippen molar-refractivity contribution in [3.63, 3.8) is 0 Å². The Labute approximate surface area is 90.4 Å². The molecule has 0 radical (unpaired) electrons. The summed E-state index contributed by atoms with van der Waals surface area (Å²) >= 11 is 0. The standard InChI is InChI=1S/C12H18FNO/c1-14-9-11(7-8-15-2)10-3-5-12(13)6-4-10/h3-6,11,14H,7-9H2,1-2H3. The van der Waals surface area contributed by atoms with Gasteiger partial charge in [0, 0.05) is 20.3 Å². The predicted octanol–water partition coefficient (Wildman–Crippen LogP) is 2.17. The van der Waals surface area contributed by atoms with Crippen LogP contribution in [0.3, 0.4) is 0 Å². The summed E-state index contributed by atoms with van der Waals surface area (Å²) in [7, 11) is 3.62. The van der Waals surface area contributed by atoms with E-state index >= 15 is 0 Å². The van der Waals surface area contributed by atoms with Crippen LogP contribution in [0.1, 0.15) is 17.9 Å². The number of rotatable bonds is 6. The van der Waals surface area contributed by atoms with Gasteiger partial charge in [0.15, 0.2) is 0 Å². The van der Waals surface area contributed by atoms with Gasteiger partial charge in [-0.2, -0.15) is 0 Å². The Balaban J connectivity index is 2.65. The van der Waals surface area contributed by atoms with Crippen LogP contribution in [0.15, 0.2) is 24.3 Å². The third-order valence-electron chi connectivity index (χ3n) is 2.46. The van der Waals surface area contributed by atoms with Crippen molar-refractivity contribution in [1.82, 2.24) is 5.32 Å². The van der Waals surface area contributed by atoms with Crippen LogP contribution in [0.2, 0.25) is 0 Å². The fraction of sp³-hybridized carbons (Fsp3) is 0.500. The maximum atomic E-state index is 12.7. The summed E-state index contributed by atoms with van der Waals surface area (Å²) in [4.78, 5) is 0. The fourth-order valence-electron chi connectivity index (χ4n) is 1.63. The topological polar surface area (TPSA) is 21.3 Å². The Kier molecular flexibility index (Phi) is 5.29. The Hall–Kier alpha value is -0.930. The van der Waals surface area contributed by atoms with Crippen LogP contribution in [-0.4, -0.2) is 27.3 Å². The van der Waals surface area contributed by atoms with Gasteiger partial charge in [0.2, 0.25) is 0 Å². The minimum absolute atomic E-state index is 0.186. The van der Waals surface area contributed by atoms with Crippen molar-refractivity contribution < 1.29 is 9.13 Å². The van der Waals surface area contributed by atoms with Crippen LogP contribution >= 0.6 is 0 Å². The van der Waals surface area contributed by atoms with Crippen LogP contribution in [-0.2, 0) is 4.74 Å². The summed E-state index contributed by atoms with van der Waals surface area (Å²) in [6.45, 7) is 1.61. The van der Waals surface area contributed by atoms with Gasteiger partial charge in [-0.1, -0.05) is 12.1 Å². The molecular weight excluding hydrogens is 193 g/mol. The van der Waals surface area contributed by atoms with Crippen molar-refractivity contribution >= 4 is 0 Å². The van der Waals surface area contributed by atoms with E-state index in [1.807, 2.05) is 19.2 Å². The van der Waals surface area contributed by atoms with Crippen LogP contribution in [0.5, 0.6) is 0 Å². The normalized spacial score (nSPS) is 12.7. The summed E-state index contributed by atoms with van der Waals surface area (Å²) in [5, 5.41) is 3.14. The second kappa shape index (κ2) is 6.53. The molecular formula is C12H18FNO. The Morgan fingerprint density at radius 3 is 2.53 bits per heavy atom. The van der Waals surface area contributed by atoms with Crippen molar-refractivity contribution in [2.75, 3.05) is 27.3 Å². The number of hydrogen-bond donors (Lipinski definition) is 1. The Morgan fingerprint density at radius 2 is 2.00 bits per heavy atom. The quantitative estimate of drug-likeness (QED) is 0.778. The lowest BCUT2D eigenvalue weighted by molar-refractivity contribution is 0.187. The smallest absolute Gasteiger partial charge is 0.123 e. The Bertz CT molecular complexity index is 273. The monoisotopic (exact) mass is 211 g/mol. The average molecular weight is 211 g/mol. The molecule has 0 saturated heterocycles. The first-order valence-corrected chi connectivity index (χ1v) is 5.17. The highest BCUT2D eigenvalue weighted by Gasteiger charge is 2.10. The molecule has 1 rings (SSSR count). The summed E-state index contributed by atoms with van der Waals surface area (Å²) in [5.41, 5.74) is 1.16. The van der Waals surface area contributed by atoms with Gasteiger partial charge < -0.3 is 10.1 Å². The SMILES string of the molecule is CNCC(CCOC)c1ccc(F)cc1. The van der Waals surface area contributed by atoms with Crippen LogP contribution in [0.25, 0.3) is 0 Å². The van der Waals surface area contributed by atoms with Crippen molar-refractivity contribution in [2.24, 2.45) is 0 Å². The highest BCUT2D eigenvalue weighted by molar-refractivity contribution is 5.20. The molecule has 1 aromatic rings. The molecule has 0 aliphatic rings. The molecule has 0 heterocycles. The summed E-state index contributed by atoms with van der Waals surface area (Å²) < 4.78 is 17.8. The van der Waals surface area contributed by atoms with Gasteiger partial charge >= 0.3 is 0 Å². The second-order valence-electron chi connectivity index (χ2n) is 3.59. The summed E-state index contributed by atoms with van der Waals surface area (Å²) in [6.07, 6.45) is 0.947. The van der Waals surface area contributed by atoms with Crippen LogP contribution in [0.4, 0.5) is 4.39 Å². The lowest BCUT2D eigenvalue weighted by atomic mass is 9.96. The molecule has 1 aromatic carbocycles. The van der Waals surface area contributed by atoms with Crippen molar-refractivity contribution in [1.29, 1.82) is 0 Å². The molecule has 1 unspecified atom stereocenters. The molecule has 2 nitrogen and oxygen atoms in total. The van der Waals surface area contributed by atoms with E-state index in [-0.39, 0.29) is 5.82 Å². The number of nitrogens with one attached hydrogen (secondary N) is 1. The van der Waals surface area contributed by atoms with E-state index in [4.69, 9.17) is 4.74 Å². The predicted molar refractivity (Wildman–Crippen MR) is 59.6 cm³/mol. The van der Waals surface area contributed by atoms with E-state index in [1.165, 1.54) is 12.1 Å². The maximum Gasteiger partial charge on any atom is 0.123 e. The molecule has 0 aliphatic carbocycles. The molecule has 0 aliphatic heterocycles. The average Bonchev–Trinajstić information content (AvgIpc) is 2.25. The first-order chi connectivity index (χ1) is 7.27. The zero-order valence-corrected chi connectivity index (χ0v) is 9.29. The largest absolute Gasteiger partial charge is 0.385 e. The van der Waals surface area contributed by atoms with Gasteiger partial charge in [-0.25, -0.2) is 4.39 Å². The molecule has 84 valence electrons. The molecule has 0 spiro atoms. The second-order valence-corrected chi connectivity index (χ2v) is 3.59. The number of benzene rings is 1. The lowest BCUT2D eigenvalue weighted by Crippen LogP contribution is -2.18. The van der Waals surface area contributed by atoms with Crippen molar-refractivity contribution in [3.8, 4) is 0 Å². The number of halogens is 1. The van der Waals surface area contributed by atoms with Crippen LogP contribution < -0.4 is 5.32 Å². The lowest BCUT2D eigenvalue weighted by Gasteiger charge is -2.16. The summed E-state index contributed by atoms with van der Waals surface area (Å²) in [6, 6.07) is 6.69. The molecule has 3 heteroatoms. The molecule has 0 fully saturated rings. The third kappa shape index (κ3) is 3.98. The first-order valence-electron chi connectivity index (χ1n) is 5.17. The zero-order valence-electron chi connectivity index (χ0n) is 9.29. The van der Waals surface area contributed by atoms with Gasteiger partial charge in [0.25, 0.3) is 0 Å². The van der Waals surface area contributed by atoms with Crippen molar-refractivity contribution in [2.45, 2.75) is 12.3 Å². The van der Waals surface area contributed by atoms with E-state index in [2.05, 4.69) is 5.32 Å². The van der Waals surface area contributed by atoms with Crippen LogP contribution in [0, 0.1) is 5.82 Å². The van der Waals surface area contributed by atoms with Gasteiger partial charge in [0.05, 0.1) is 0 Å². The zero-order chi connectivity index (χ0) is 11.1. The maximum absolute atomic E-state index is 12.7. The Morgan fingerprint density at radius 1 is 1.33 bits per heavy atom. The van der Waals surface area contributed by atoms with Gasteiger partial charge in [0.1, 0.15) is 5.82 Å². The van der Waals surface area contributed by atoms with E-state index in [0.717, 1.165) is 25.1 Å². The molecule has 0 saturated carbocycles. The highest BCUT2D eigenvalue weighted by Crippen LogP contribution is 2.19. The summed E-state index contributed by atoms with van der Waals surface area (Å²) in [5.74, 6) is 0.198. The van der Waals surface area contributed by atoms with E-state index in [0.29, 0.717) is 5.92 Å². The molecule has 15 heavy (non-hydrogen) atoms. The molecule has 1 atom stereocenters. The molecule has 0 amide bonds. The molecule has 0 bridgehead atoms.